The third kappa shape index (κ3) is 5.01. The second-order valence-electron chi connectivity index (χ2n) is 6.53. The smallest absolute Gasteiger partial charge is 0.280 e. The highest BCUT2D eigenvalue weighted by molar-refractivity contribution is 7.92. The van der Waals surface area contributed by atoms with Crippen LogP contribution in [0.25, 0.3) is 11.1 Å². The molecule has 0 aliphatic heterocycles. The van der Waals surface area contributed by atoms with Crippen LogP contribution >= 0.6 is 0 Å². The summed E-state index contributed by atoms with van der Waals surface area (Å²) in [7, 11) is -4.75. The molecule has 0 heterocycles. The van der Waals surface area contributed by atoms with Gasteiger partial charge in [-0.25, -0.2) is 17.2 Å². The zero-order chi connectivity index (χ0) is 23.9. The van der Waals surface area contributed by atoms with Crippen LogP contribution in [-0.2, 0) is 22.4 Å². The lowest BCUT2D eigenvalue weighted by Crippen LogP contribution is -2.15. The highest BCUT2D eigenvalue weighted by Gasteiger charge is 2.37. The van der Waals surface area contributed by atoms with Gasteiger partial charge in [0.1, 0.15) is 0 Å². The van der Waals surface area contributed by atoms with Crippen LogP contribution in [0.2, 0.25) is 0 Å². The zero-order valence-electron chi connectivity index (χ0n) is 15.5. The van der Waals surface area contributed by atoms with Gasteiger partial charge >= 0.3 is 12.4 Å². The van der Waals surface area contributed by atoms with Crippen LogP contribution in [0.15, 0.2) is 65.6 Å². The number of hydrogen-bond acceptors (Lipinski definition) is 2. The van der Waals surface area contributed by atoms with E-state index in [2.05, 4.69) is 0 Å². The highest BCUT2D eigenvalue weighted by atomic mass is 32.2. The Morgan fingerprint density at radius 1 is 0.688 bits per heavy atom. The summed E-state index contributed by atoms with van der Waals surface area (Å²) in [5, 5.41) is 0. The van der Waals surface area contributed by atoms with Crippen molar-refractivity contribution in [2.75, 3.05) is 4.72 Å². The molecule has 0 fully saturated rings. The molecule has 0 aliphatic rings. The van der Waals surface area contributed by atoms with Gasteiger partial charge in [0.2, 0.25) is 0 Å². The zero-order valence-corrected chi connectivity index (χ0v) is 16.3. The summed E-state index contributed by atoms with van der Waals surface area (Å²) in [5.41, 5.74) is -5.32. The second-order valence-corrected chi connectivity index (χ2v) is 8.18. The number of hydrogen-bond donors (Lipinski definition) is 1. The molecule has 0 bridgehead atoms. The van der Waals surface area contributed by atoms with Crippen LogP contribution in [0.3, 0.4) is 0 Å². The van der Waals surface area contributed by atoms with E-state index in [0.29, 0.717) is 0 Å². The maximum Gasteiger partial charge on any atom is 0.416 e. The van der Waals surface area contributed by atoms with E-state index < -0.39 is 61.2 Å². The van der Waals surface area contributed by atoms with Crippen molar-refractivity contribution in [2.24, 2.45) is 0 Å². The molecule has 0 radical (unpaired) electrons. The summed E-state index contributed by atoms with van der Waals surface area (Å²) >= 11 is 0. The number of nitrogens with one attached hydrogen (secondary N) is 1. The average molecular weight is 481 g/mol. The lowest BCUT2D eigenvalue weighted by Gasteiger charge is -2.17. The predicted molar refractivity (Wildman–Crippen MR) is 99.0 cm³/mol. The van der Waals surface area contributed by atoms with E-state index in [9.17, 15) is 43.5 Å². The van der Waals surface area contributed by atoms with Crippen LogP contribution < -0.4 is 4.72 Å². The number of alkyl halides is 6. The number of para-hydroxylation sites is 1. The number of benzene rings is 3. The largest absolute Gasteiger partial charge is 0.416 e. The third-order valence-corrected chi connectivity index (χ3v) is 5.66. The Kier molecular flexibility index (Phi) is 5.94. The first-order valence-electron chi connectivity index (χ1n) is 8.55. The Labute approximate surface area is 176 Å². The van der Waals surface area contributed by atoms with Crippen molar-refractivity contribution in [3.05, 3.63) is 83.4 Å². The minimum atomic E-state index is -5.23. The van der Waals surface area contributed by atoms with Crippen molar-refractivity contribution >= 4 is 15.7 Å². The van der Waals surface area contributed by atoms with E-state index in [1.54, 1.807) is 6.07 Å². The van der Waals surface area contributed by atoms with Gasteiger partial charge in [0.05, 0.1) is 16.0 Å². The molecule has 0 atom stereocenters. The Hall–Kier alpha value is -3.15. The van der Waals surface area contributed by atoms with Gasteiger partial charge in [-0.2, -0.15) is 26.3 Å². The standard InChI is InChI=1S/C20H11F8NO2S/c21-16-9-15(11-6-12(19(23,24)25)8-13(7-11)20(26,27)28)18(10-17(16)22)32(30,31)29-14-4-2-1-3-5-14/h1-10,29H. The summed E-state index contributed by atoms with van der Waals surface area (Å²) in [6, 6.07) is 7.70. The van der Waals surface area contributed by atoms with Crippen molar-refractivity contribution in [1.82, 2.24) is 0 Å². The van der Waals surface area contributed by atoms with E-state index in [-0.39, 0.29) is 36.0 Å². The monoisotopic (exact) mass is 481 g/mol. The van der Waals surface area contributed by atoms with Gasteiger partial charge in [-0.15, -0.1) is 0 Å². The normalized spacial score (nSPS) is 12.6. The highest BCUT2D eigenvalue weighted by Crippen LogP contribution is 2.40. The fourth-order valence-electron chi connectivity index (χ4n) is 2.80. The second kappa shape index (κ2) is 8.08. The number of halogens is 8. The first-order chi connectivity index (χ1) is 14.7. The first kappa shape index (κ1) is 23.5. The van der Waals surface area contributed by atoms with E-state index in [0.717, 1.165) is 0 Å². The summed E-state index contributed by atoms with van der Waals surface area (Å²) in [5.74, 6) is -3.32. The molecule has 0 saturated carbocycles. The molecule has 0 saturated heterocycles. The van der Waals surface area contributed by atoms with Crippen LogP contribution in [0, 0.1) is 11.6 Å². The lowest BCUT2D eigenvalue weighted by molar-refractivity contribution is -0.143. The molecule has 0 aromatic heterocycles. The molecule has 3 rings (SSSR count). The van der Waals surface area contributed by atoms with E-state index in [1.165, 1.54) is 24.3 Å². The molecular formula is C20H11F8NO2S. The van der Waals surface area contributed by atoms with Crippen LogP contribution in [-0.4, -0.2) is 8.42 Å². The van der Waals surface area contributed by atoms with Crippen molar-refractivity contribution in [1.29, 1.82) is 0 Å². The Bertz CT molecular complexity index is 1220. The fourth-order valence-corrected chi connectivity index (χ4v) is 4.08. The van der Waals surface area contributed by atoms with Crippen molar-refractivity contribution in [3.63, 3.8) is 0 Å². The molecule has 0 aliphatic carbocycles. The minimum absolute atomic E-state index is 0.0248. The molecule has 170 valence electrons. The maximum absolute atomic E-state index is 13.9. The van der Waals surface area contributed by atoms with Crippen LogP contribution in [0.5, 0.6) is 0 Å². The summed E-state index contributed by atoms with van der Waals surface area (Å²) in [6.07, 6.45) is -10.5. The van der Waals surface area contributed by atoms with Crippen LogP contribution in [0.4, 0.5) is 40.8 Å². The molecule has 0 unspecified atom stereocenters. The maximum atomic E-state index is 13.9. The predicted octanol–water partition coefficient (Wildman–Crippen LogP) is 6.47. The molecule has 1 N–H and O–H groups in total. The molecular weight excluding hydrogens is 470 g/mol. The number of anilines is 1. The minimum Gasteiger partial charge on any atom is -0.280 e. The van der Waals surface area contributed by atoms with Gasteiger partial charge in [-0.1, -0.05) is 18.2 Å². The Balaban J connectivity index is 2.28. The van der Waals surface area contributed by atoms with E-state index >= 15 is 0 Å². The molecule has 32 heavy (non-hydrogen) atoms. The van der Waals surface area contributed by atoms with Crippen molar-refractivity contribution in [3.8, 4) is 11.1 Å². The fraction of sp³-hybridized carbons (Fsp3) is 0.100. The summed E-state index contributed by atoms with van der Waals surface area (Å²) in [4.78, 5) is -1.05. The Morgan fingerprint density at radius 2 is 1.19 bits per heavy atom. The SMILES string of the molecule is O=S(=O)(Nc1ccccc1)c1cc(F)c(F)cc1-c1cc(C(F)(F)F)cc(C(F)(F)F)c1. The van der Waals surface area contributed by atoms with Gasteiger partial charge in [0.15, 0.2) is 11.6 Å². The Morgan fingerprint density at radius 3 is 1.69 bits per heavy atom. The molecule has 3 nitrogen and oxygen atoms in total. The van der Waals surface area contributed by atoms with Gasteiger partial charge in [0, 0.05) is 11.3 Å². The van der Waals surface area contributed by atoms with Gasteiger partial charge < -0.3 is 0 Å². The summed E-state index contributed by atoms with van der Waals surface area (Å²) in [6.45, 7) is 0. The van der Waals surface area contributed by atoms with Crippen LogP contribution in [0.1, 0.15) is 11.1 Å². The molecule has 0 amide bonds. The molecule has 3 aromatic rings. The summed E-state index contributed by atoms with van der Waals surface area (Å²) < 4.78 is 134. The molecule has 12 heteroatoms. The van der Waals surface area contributed by atoms with E-state index in [1.807, 2.05) is 4.72 Å². The number of sulfonamides is 1. The average Bonchev–Trinajstić information content (AvgIpc) is 2.68. The number of rotatable bonds is 4. The third-order valence-electron chi connectivity index (χ3n) is 4.24. The quantitative estimate of drug-likeness (QED) is 0.434. The first-order valence-corrected chi connectivity index (χ1v) is 10.0. The van der Waals surface area contributed by atoms with Gasteiger partial charge in [0.25, 0.3) is 10.0 Å². The van der Waals surface area contributed by atoms with E-state index in [4.69, 9.17) is 0 Å². The van der Waals surface area contributed by atoms with Gasteiger partial charge in [-0.3, -0.25) is 4.72 Å². The lowest BCUT2D eigenvalue weighted by atomic mass is 9.99. The van der Waals surface area contributed by atoms with Gasteiger partial charge in [-0.05, 0) is 48.0 Å². The molecule has 3 aromatic carbocycles. The topological polar surface area (TPSA) is 46.2 Å². The molecule has 0 spiro atoms. The van der Waals surface area contributed by atoms with Crippen molar-refractivity contribution < 1.29 is 43.5 Å². The van der Waals surface area contributed by atoms with Crippen molar-refractivity contribution in [2.45, 2.75) is 17.2 Å².